The summed E-state index contributed by atoms with van der Waals surface area (Å²) in [5, 5.41) is 16.1. The lowest BCUT2D eigenvalue weighted by atomic mass is 10.0. The zero-order valence-electron chi connectivity index (χ0n) is 15.7. The molecule has 0 bridgehead atoms. The molecular weight excluding hydrogens is 367 g/mol. The van der Waals surface area contributed by atoms with E-state index in [1.165, 1.54) is 6.07 Å². The number of hydrogen-bond acceptors (Lipinski definition) is 6. The molecule has 1 aliphatic rings. The summed E-state index contributed by atoms with van der Waals surface area (Å²) in [6, 6.07) is 6.48. The van der Waals surface area contributed by atoms with E-state index in [1.807, 2.05) is 13.0 Å². The van der Waals surface area contributed by atoms with Crippen LogP contribution in [0.3, 0.4) is 0 Å². The van der Waals surface area contributed by atoms with Gasteiger partial charge in [0.05, 0.1) is 4.92 Å². The van der Waals surface area contributed by atoms with Crippen molar-refractivity contribution in [2.45, 2.75) is 26.4 Å². The second-order valence-corrected chi connectivity index (χ2v) is 7.67. The number of nitrogens with zero attached hydrogens (tertiary/aromatic N) is 3. The number of nitro groups is 1. The Morgan fingerprint density at radius 2 is 2.04 bits per heavy atom. The summed E-state index contributed by atoms with van der Waals surface area (Å²) in [7, 11) is 0. The number of benzene rings is 1. The molecule has 1 atom stereocenters. The molecule has 6 nitrogen and oxygen atoms in total. The molecule has 1 unspecified atom stereocenters. The van der Waals surface area contributed by atoms with Crippen molar-refractivity contribution in [1.29, 1.82) is 0 Å². The molecule has 1 N–H and O–H groups in total. The Balaban J connectivity index is 1.70. The first-order valence-electron chi connectivity index (χ1n) is 9.20. The van der Waals surface area contributed by atoms with Crippen LogP contribution in [-0.2, 0) is 6.54 Å². The minimum Gasteiger partial charge on any atom is -0.369 e. The summed E-state index contributed by atoms with van der Waals surface area (Å²) in [4.78, 5) is 15.2. The van der Waals surface area contributed by atoms with Crippen molar-refractivity contribution in [2.24, 2.45) is 0 Å². The Bertz CT molecular complexity index is 790. The Morgan fingerprint density at radius 1 is 1.30 bits per heavy atom. The van der Waals surface area contributed by atoms with Crippen LogP contribution in [0.1, 0.15) is 31.0 Å². The average Bonchev–Trinajstić information content (AvgIpc) is 3.15. The fourth-order valence-corrected chi connectivity index (χ4v) is 4.13. The predicted molar refractivity (Wildman–Crippen MR) is 107 cm³/mol. The SMILES string of the molecule is CCN1CCN(c2ccc(F)cc2C(C)NCc2csc([N+](=O)[O-])c2)CC1. The fourth-order valence-electron chi connectivity index (χ4n) is 3.40. The van der Waals surface area contributed by atoms with E-state index < -0.39 is 0 Å². The molecule has 1 aromatic heterocycles. The van der Waals surface area contributed by atoms with Gasteiger partial charge < -0.3 is 15.1 Å². The van der Waals surface area contributed by atoms with Gasteiger partial charge in [-0.3, -0.25) is 10.1 Å². The first kappa shape index (κ1) is 19.7. The number of hydrogen-bond donors (Lipinski definition) is 1. The quantitative estimate of drug-likeness (QED) is 0.574. The molecule has 0 aliphatic carbocycles. The number of likely N-dealkylation sites (N-methyl/N-ethyl adjacent to an activating group) is 1. The largest absolute Gasteiger partial charge is 0.369 e. The van der Waals surface area contributed by atoms with Gasteiger partial charge in [-0.2, -0.15) is 0 Å². The lowest BCUT2D eigenvalue weighted by molar-refractivity contribution is -0.380. The fraction of sp³-hybridized carbons (Fsp3) is 0.474. The van der Waals surface area contributed by atoms with E-state index >= 15 is 0 Å². The Morgan fingerprint density at radius 3 is 2.67 bits per heavy atom. The van der Waals surface area contributed by atoms with Crippen LogP contribution in [0.25, 0.3) is 0 Å². The maximum Gasteiger partial charge on any atom is 0.324 e. The summed E-state index contributed by atoms with van der Waals surface area (Å²) in [5.74, 6) is -0.249. The minimum atomic E-state index is -0.377. The van der Waals surface area contributed by atoms with Gasteiger partial charge in [-0.1, -0.05) is 18.3 Å². The standard InChI is InChI=1S/C19H25FN4O2S/c1-3-22-6-8-23(9-7-22)18-5-4-16(20)11-17(18)14(2)21-12-15-10-19(24(25)26)27-13-15/h4-5,10-11,13-14,21H,3,6-9,12H2,1-2H3. The molecule has 0 radical (unpaired) electrons. The number of halogens is 1. The number of rotatable bonds is 7. The van der Waals surface area contributed by atoms with Crippen molar-refractivity contribution >= 4 is 22.0 Å². The van der Waals surface area contributed by atoms with Crippen molar-refractivity contribution in [3.8, 4) is 0 Å². The molecule has 2 aromatic rings. The number of nitrogens with one attached hydrogen (secondary N) is 1. The van der Waals surface area contributed by atoms with Gasteiger partial charge in [-0.15, -0.1) is 0 Å². The van der Waals surface area contributed by atoms with Crippen LogP contribution in [-0.4, -0.2) is 42.5 Å². The lowest BCUT2D eigenvalue weighted by Gasteiger charge is -2.37. The van der Waals surface area contributed by atoms with Crippen LogP contribution in [0.5, 0.6) is 0 Å². The Labute approximate surface area is 162 Å². The number of thiophene rings is 1. The summed E-state index contributed by atoms with van der Waals surface area (Å²) in [5.41, 5.74) is 2.85. The van der Waals surface area contributed by atoms with E-state index in [1.54, 1.807) is 17.5 Å². The van der Waals surface area contributed by atoms with Crippen LogP contribution in [0.4, 0.5) is 15.1 Å². The normalized spacial score (nSPS) is 16.5. The molecule has 27 heavy (non-hydrogen) atoms. The van der Waals surface area contributed by atoms with E-state index in [4.69, 9.17) is 0 Å². The molecular formula is C19H25FN4O2S. The minimum absolute atomic E-state index is 0.0705. The van der Waals surface area contributed by atoms with Gasteiger partial charge in [0.25, 0.3) is 0 Å². The van der Waals surface area contributed by atoms with E-state index in [2.05, 4.69) is 22.0 Å². The molecule has 0 spiro atoms. The zero-order valence-corrected chi connectivity index (χ0v) is 16.5. The molecule has 0 saturated carbocycles. The number of piperazine rings is 1. The second kappa shape index (κ2) is 8.77. The van der Waals surface area contributed by atoms with E-state index in [0.29, 0.717) is 6.54 Å². The summed E-state index contributed by atoms with van der Waals surface area (Å²) in [6.07, 6.45) is 0. The van der Waals surface area contributed by atoms with Crippen molar-refractivity contribution in [3.05, 3.63) is 56.7 Å². The molecule has 8 heteroatoms. The molecule has 1 fully saturated rings. The summed E-state index contributed by atoms with van der Waals surface area (Å²) < 4.78 is 13.9. The molecule has 1 aliphatic heterocycles. The monoisotopic (exact) mass is 392 g/mol. The van der Waals surface area contributed by atoms with E-state index in [-0.39, 0.29) is 21.8 Å². The smallest absolute Gasteiger partial charge is 0.324 e. The highest BCUT2D eigenvalue weighted by Gasteiger charge is 2.21. The van der Waals surface area contributed by atoms with Crippen LogP contribution in [0.15, 0.2) is 29.6 Å². The van der Waals surface area contributed by atoms with Gasteiger partial charge in [0.2, 0.25) is 0 Å². The molecule has 3 rings (SSSR count). The molecule has 0 amide bonds. The highest BCUT2D eigenvalue weighted by molar-refractivity contribution is 7.13. The third-order valence-corrected chi connectivity index (χ3v) is 5.98. The van der Waals surface area contributed by atoms with Gasteiger partial charge in [0, 0.05) is 55.9 Å². The van der Waals surface area contributed by atoms with Crippen LogP contribution in [0, 0.1) is 15.9 Å². The van der Waals surface area contributed by atoms with Gasteiger partial charge in [-0.05, 0) is 42.8 Å². The number of anilines is 1. The topological polar surface area (TPSA) is 61.6 Å². The van der Waals surface area contributed by atoms with Gasteiger partial charge in [0.1, 0.15) is 5.82 Å². The van der Waals surface area contributed by atoms with Gasteiger partial charge >= 0.3 is 5.00 Å². The first-order chi connectivity index (χ1) is 13.0. The van der Waals surface area contributed by atoms with Crippen molar-refractivity contribution < 1.29 is 9.31 Å². The third kappa shape index (κ3) is 4.82. The lowest BCUT2D eigenvalue weighted by Crippen LogP contribution is -2.46. The van der Waals surface area contributed by atoms with Crippen LogP contribution < -0.4 is 10.2 Å². The second-order valence-electron chi connectivity index (χ2n) is 6.78. The van der Waals surface area contributed by atoms with Crippen molar-refractivity contribution in [2.75, 3.05) is 37.6 Å². The maximum atomic E-state index is 13.9. The predicted octanol–water partition coefficient (Wildman–Crippen LogP) is 3.79. The highest BCUT2D eigenvalue weighted by atomic mass is 32.1. The van der Waals surface area contributed by atoms with Crippen molar-refractivity contribution in [1.82, 2.24) is 10.2 Å². The highest BCUT2D eigenvalue weighted by Crippen LogP contribution is 2.29. The Kier molecular flexibility index (Phi) is 6.41. The van der Waals surface area contributed by atoms with Crippen LogP contribution in [0.2, 0.25) is 0 Å². The van der Waals surface area contributed by atoms with Crippen LogP contribution >= 0.6 is 11.3 Å². The maximum absolute atomic E-state index is 13.9. The molecule has 1 saturated heterocycles. The zero-order chi connectivity index (χ0) is 19.4. The Hall–Kier alpha value is -2.03. The first-order valence-corrected chi connectivity index (χ1v) is 10.1. The van der Waals surface area contributed by atoms with Crippen molar-refractivity contribution in [3.63, 3.8) is 0 Å². The van der Waals surface area contributed by atoms with Gasteiger partial charge in [0.15, 0.2) is 0 Å². The molecule has 146 valence electrons. The summed E-state index contributed by atoms with van der Waals surface area (Å²) in [6.45, 7) is 9.59. The van der Waals surface area contributed by atoms with E-state index in [0.717, 1.165) is 60.9 Å². The average molecular weight is 393 g/mol. The molecule has 2 heterocycles. The van der Waals surface area contributed by atoms with Gasteiger partial charge in [-0.25, -0.2) is 4.39 Å². The third-order valence-electron chi connectivity index (χ3n) is 5.05. The molecule has 1 aromatic carbocycles. The summed E-state index contributed by atoms with van der Waals surface area (Å²) >= 11 is 1.12. The van der Waals surface area contributed by atoms with E-state index in [9.17, 15) is 14.5 Å².